The lowest BCUT2D eigenvalue weighted by atomic mass is 10.1. The molecule has 2 amide bonds. The highest BCUT2D eigenvalue weighted by Gasteiger charge is 2.11. The van der Waals surface area contributed by atoms with Gasteiger partial charge in [-0.1, -0.05) is 36.4 Å². The topological polar surface area (TPSA) is 100 Å². The fourth-order valence-corrected chi connectivity index (χ4v) is 3.01. The minimum Gasteiger partial charge on any atom is -0.495 e. The Balaban J connectivity index is 1.64. The molecule has 0 radical (unpaired) electrons. The Morgan fingerprint density at radius 2 is 1.79 bits per heavy atom. The second-order valence-corrected chi connectivity index (χ2v) is 7.10. The molecule has 0 spiro atoms. The summed E-state index contributed by atoms with van der Waals surface area (Å²) in [5.41, 5.74) is 2.69. The van der Waals surface area contributed by atoms with Crippen LogP contribution in [0.5, 0.6) is 11.5 Å². The first-order valence-electron chi connectivity index (χ1n) is 10.1. The molecule has 7 heteroatoms. The van der Waals surface area contributed by atoms with Crippen LogP contribution in [0.1, 0.15) is 11.1 Å². The number of carbonyl (C=O) groups excluding carboxylic acids is 2. The number of anilines is 2. The van der Waals surface area contributed by atoms with Gasteiger partial charge in [-0.15, -0.1) is 0 Å². The monoisotopic (exact) mass is 441 g/mol. The van der Waals surface area contributed by atoms with E-state index >= 15 is 0 Å². The van der Waals surface area contributed by atoms with Crippen LogP contribution in [0.2, 0.25) is 0 Å². The van der Waals surface area contributed by atoms with Crippen molar-refractivity contribution >= 4 is 29.3 Å². The van der Waals surface area contributed by atoms with Gasteiger partial charge in [0.1, 0.15) is 23.1 Å². The Bertz CT molecular complexity index is 1230. The third-order valence-corrected chi connectivity index (χ3v) is 4.56. The summed E-state index contributed by atoms with van der Waals surface area (Å²) in [6.45, 7) is 1.70. The molecule has 0 aliphatic carbocycles. The number of carbonyl (C=O) groups is 2. The summed E-state index contributed by atoms with van der Waals surface area (Å²) in [4.78, 5) is 24.7. The number of aryl methyl sites for hydroxylation is 1. The number of nitriles is 1. The van der Waals surface area contributed by atoms with Crippen LogP contribution in [0.3, 0.4) is 0 Å². The minimum absolute atomic E-state index is 0.0532. The van der Waals surface area contributed by atoms with Crippen molar-refractivity contribution in [1.29, 1.82) is 5.26 Å². The molecule has 7 nitrogen and oxygen atoms in total. The summed E-state index contributed by atoms with van der Waals surface area (Å²) in [5, 5.41) is 14.9. The van der Waals surface area contributed by atoms with Gasteiger partial charge in [-0.2, -0.15) is 5.26 Å². The fraction of sp³-hybridized carbons (Fsp3) is 0.115. The third-order valence-electron chi connectivity index (χ3n) is 4.56. The molecule has 0 saturated carbocycles. The van der Waals surface area contributed by atoms with E-state index < -0.39 is 5.91 Å². The Kier molecular flexibility index (Phi) is 7.81. The van der Waals surface area contributed by atoms with E-state index in [1.807, 2.05) is 31.2 Å². The molecule has 3 rings (SSSR count). The Morgan fingerprint density at radius 1 is 1.00 bits per heavy atom. The van der Waals surface area contributed by atoms with Crippen LogP contribution in [0, 0.1) is 18.3 Å². The Labute approximate surface area is 192 Å². The zero-order chi connectivity index (χ0) is 23.6. The number of amides is 2. The molecule has 33 heavy (non-hydrogen) atoms. The number of benzene rings is 3. The average molecular weight is 441 g/mol. The number of methoxy groups -OCH3 is 1. The van der Waals surface area contributed by atoms with Gasteiger partial charge in [-0.25, -0.2) is 0 Å². The highest BCUT2D eigenvalue weighted by molar-refractivity contribution is 6.09. The van der Waals surface area contributed by atoms with Crippen LogP contribution in [0.4, 0.5) is 11.4 Å². The van der Waals surface area contributed by atoms with Crippen LogP contribution < -0.4 is 20.1 Å². The molecule has 0 unspecified atom stereocenters. The fourth-order valence-electron chi connectivity index (χ4n) is 3.01. The largest absolute Gasteiger partial charge is 0.495 e. The molecular formula is C26H23N3O4. The summed E-state index contributed by atoms with van der Waals surface area (Å²) in [5.74, 6) is 0.113. The van der Waals surface area contributed by atoms with Crippen molar-refractivity contribution in [2.75, 3.05) is 24.4 Å². The second-order valence-electron chi connectivity index (χ2n) is 7.10. The lowest BCUT2D eigenvalue weighted by Gasteiger charge is -2.11. The minimum atomic E-state index is -0.509. The first-order valence-corrected chi connectivity index (χ1v) is 10.1. The standard InChI is InChI=1S/C26H23N3O4/c1-18-7-5-9-21(13-18)28-26(31)20(16-27)14-19-8-6-10-22(15-19)33-17-25(30)29-23-11-3-4-12-24(23)32-2/h3-15H,17H2,1-2H3,(H,28,31)(H,29,30)/b20-14+. The van der Waals surface area contributed by atoms with Gasteiger partial charge in [0.2, 0.25) is 0 Å². The second kappa shape index (κ2) is 11.2. The van der Waals surface area contributed by atoms with Gasteiger partial charge in [0, 0.05) is 5.69 Å². The van der Waals surface area contributed by atoms with E-state index in [2.05, 4.69) is 10.6 Å². The van der Waals surface area contributed by atoms with Crippen LogP contribution in [0.25, 0.3) is 6.08 Å². The van der Waals surface area contributed by atoms with Crippen molar-refractivity contribution in [3.05, 3.63) is 89.5 Å². The number of hydrogen-bond acceptors (Lipinski definition) is 5. The lowest BCUT2D eigenvalue weighted by molar-refractivity contribution is -0.118. The molecule has 0 bridgehead atoms. The molecule has 3 aromatic rings. The maximum Gasteiger partial charge on any atom is 0.266 e. The number of rotatable bonds is 8. The summed E-state index contributed by atoms with van der Waals surface area (Å²) < 4.78 is 10.8. The molecule has 0 aliphatic rings. The van der Waals surface area contributed by atoms with Crippen LogP contribution in [-0.2, 0) is 9.59 Å². The van der Waals surface area contributed by atoms with Crippen molar-refractivity contribution < 1.29 is 19.1 Å². The number of nitrogens with zero attached hydrogens (tertiary/aromatic N) is 1. The molecule has 0 heterocycles. The number of hydrogen-bond donors (Lipinski definition) is 2. The quantitative estimate of drug-likeness (QED) is 0.394. The third kappa shape index (κ3) is 6.71. The summed E-state index contributed by atoms with van der Waals surface area (Å²) in [6, 6.07) is 23.1. The van der Waals surface area contributed by atoms with Crippen molar-refractivity contribution in [2.45, 2.75) is 6.92 Å². The predicted octanol–water partition coefficient (Wildman–Crippen LogP) is 4.57. The molecule has 0 aromatic heterocycles. The zero-order valence-corrected chi connectivity index (χ0v) is 18.3. The van der Waals surface area contributed by atoms with E-state index in [4.69, 9.17) is 9.47 Å². The first-order chi connectivity index (χ1) is 16.0. The van der Waals surface area contributed by atoms with E-state index in [0.29, 0.717) is 28.4 Å². The highest BCUT2D eigenvalue weighted by Crippen LogP contribution is 2.23. The van der Waals surface area contributed by atoms with E-state index in [-0.39, 0.29) is 18.1 Å². The van der Waals surface area contributed by atoms with Gasteiger partial charge < -0.3 is 20.1 Å². The molecule has 0 atom stereocenters. The number of nitrogens with one attached hydrogen (secondary N) is 2. The average Bonchev–Trinajstić information content (AvgIpc) is 2.82. The van der Waals surface area contributed by atoms with E-state index in [1.165, 1.54) is 13.2 Å². The predicted molar refractivity (Wildman–Crippen MR) is 127 cm³/mol. The van der Waals surface area contributed by atoms with Crippen molar-refractivity contribution in [1.82, 2.24) is 0 Å². The molecule has 3 aromatic carbocycles. The van der Waals surface area contributed by atoms with Crippen molar-refractivity contribution in [3.8, 4) is 17.6 Å². The Morgan fingerprint density at radius 3 is 2.55 bits per heavy atom. The molecule has 166 valence electrons. The molecule has 0 saturated heterocycles. The van der Waals surface area contributed by atoms with Gasteiger partial charge in [-0.05, 0) is 60.5 Å². The summed E-state index contributed by atoms with van der Waals surface area (Å²) in [7, 11) is 1.52. The van der Waals surface area contributed by atoms with E-state index in [9.17, 15) is 14.9 Å². The van der Waals surface area contributed by atoms with E-state index in [1.54, 1.807) is 54.6 Å². The summed E-state index contributed by atoms with van der Waals surface area (Å²) in [6.07, 6.45) is 1.47. The van der Waals surface area contributed by atoms with Crippen molar-refractivity contribution in [2.24, 2.45) is 0 Å². The molecule has 0 fully saturated rings. The van der Waals surface area contributed by atoms with Gasteiger partial charge in [0.15, 0.2) is 6.61 Å². The van der Waals surface area contributed by atoms with Crippen LogP contribution in [-0.4, -0.2) is 25.5 Å². The van der Waals surface area contributed by atoms with Crippen LogP contribution >= 0.6 is 0 Å². The molecule has 0 aliphatic heterocycles. The normalized spacial score (nSPS) is 10.6. The first kappa shape index (κ1) is 23.1. The van der Waals surface area contributed by atoms with E-state index in [0.717, 1.165) is 5.56 Å². The number of para-hydroxylation sites is 2. The van der Waals surface area contributed by atoms with Gasteiger partial charge in [-0.3, -0.25) is 9.59 Å². The van der Waals surface area contributed by atoms with Gasteiger partial charge in [0.25, 0.3) is 11.8 Å². The zero-order valence-electron chi connectivity index (χ0n) is 18.3. The van der Waals surface area contributed by atoms with Crippen LogP contribution in [0.15, 0.2) is 78.4 Å². The highest BCUT2D eigenvalue weighted by atomic mass is 16.5. The van der Waals surface area contributed by atoms with Crippen molar-refractivity contribution in [3.63, 3.8) is 0 Å². The summed E-state index contributed by atoms with van der Waals surface area (Å²) >= 11 is 0. The Hall–Kier alpha value is -4.57. The maximum absolute atomic E-state index is 12.5. The maximum atomic E-state index is 12.5. The smallest absolute Gasteiger partial charge is 0.266 e. The molecular weight excluding hydrogens is 418 g/mol. The number of ether oxygens (including phenoxy) is 2. The molecule has 2 N–H and O–H groups in total. The SMILES string of the molecule is COc1ccccc1NC(=O)COc1cccc(/C=C(\C#N)C(=O)Nc2cccc(C)c2)c1. The lowest BCUT2D eigenvalue weighted by Crippen LogP contribution is -2.20. The van der Waals surface area contributed by atoms with Gasteiger partial charge in [0.05, 0.1) is 12.8 Å². The van der Waals surface area contributed by atoms with Gasteiger partial charge >= 0.3 is 0 Å².